The summed E-state index contributed by atoms with van der Waals surface area (Å²) in [7, 11) is 0. The summed E-state index contributed by atoms with van der Waals surface area (Å²) in [5.41, 5.74) is 0.980. The van der Waals surface area contributed by atoms with E-state index >= 15 is 0 Å². The molecule has 0 spiro atoms. The zero-order valence-corrected chi connectivity index (χ0v) is 15.5. The van der Waals surface area contributed by atoms with Gasteiger partial charge in [-0.05, 0) is 62.1 Å². The lowest BCUT2D eigenvalue weighted by Gasteiger charge is -2.35. The second-order valence-corrected chi connectivity index (χ2v) is 7.78. The van der Waals surface area contributed by atoms with Crippen molar-refractivity contribution in [2.75, 3.05) is 13.1 Å². The lowest BCUT2D eigenvalue weighted by molar-refractivity contribution is -0.134. The molecule has 2 fully saturated rings. The second kappa shape index (κ2) is 8.67. The third-order valence-corrected chi connectivity index (χ3v) is 5.67. The van der Waals surface area contributed by atoms with Crippen LogP contribution in [0.3, 0.4) is 0 Å². The van der Waals surface area contributed by atoms with Crippen LogP contribution in [0.15, 0.2) is 24.3 Å². The Morgan fingerprint density at radius 2 is 1.73 bits per heavy atom. The smallest absolute Gasteiger partial charge is 0.335 e. The maximum Gasteiger partial charge on any atom is 0.335 e. The molecule has 0 aromatic heterocycles. The van der Waals surface area contributed by atoms with Gasteiger partial charge in [0.05, 0.1) is 24.2 Å². The Morgan fingerprint density at radius 1 is 1.08 bits per heavy atom. The second-order valence-electron chi connectivity index (χ2n) is 7.78. The fourth-order valence-corrected chi connectivity index (χ4v) is 3.98. The van der Waals surface area contributed by atoms with E-state index < -0.39 is 5.97 Å². The first-order valence-electron chi connectivity index (χ1n) is 9.76. The Kier molecular flexibility index (Phi) is 6.30. The van der Waals surface area contributed by atoms with E-state index in [4.69, 9.17) is 9.84 Å². The van der Waals surface area contributed by atoms with E-state index in [9.17, 15) is 9.59 Å². The summed E-state index contributed by atoms with van der Waals surface area (Å²) < 4.78 is 6.27. The molecule has 1 saturated heterocycles. The number of carboxylic acids is 1. The van der Waals surface area contributed by atoms with Gasteiger partial charge in [-0.25, -0.2) is 4.79 Å². The summed E-state index contributed by atoms with van der Waals surface area (Å²) in [6.07, 6.45) is 7.58. The molecule has 0 radical (unpaired) electrons. The van der Waals surface area contributed by atoms with E-state index in [1.807, 2.05) is 11.0 Å². The first-order valence-corrected chi connectivity index (χ1v) is 9.76. The van der Waals surface area contributed by atoms with Crippen molar-refractivity contribution in [1.82, 2.24) is 4.90 Å². The molecule has 5 heteroatoms. The zero-order chi connectivity index (χ0) is 18.5. The normalized spacial score (nSPS) is 24.4. The fraction of sp³-hybridized carbons (Fsp3) is 0.619. The van der Waals surface area contributed by atoms with Crippen LogP contribution >= 0.6 is 0 Å². The molecule has 0 unspecified atom stereocenters. The summed E-state index contributed by atoms with van der Waals surface area (Å²) >= 11 is 0. The molecular formula is C21H29NO4. The number of amides is 1. The van der Waals surface area contributed by atoms with Crippen molar-refractivity contribution in [3.63, 3.8) is 0 Å². The summed E-state index contributed by atoms with van der Waals surface area (Å²) in [4.78, 5) is 25.5. The van der Waals surface area contributed by atoms with Gasteiger partial charge in [0.25, 0.3) is 0 Å². The van der Waals surface area contributed by atoms with Gasteiger partial charge in [-0.1, -0.05) is 19.1 Å². The Bertz CT molecular complexity index is 629. The fourth-order valence-electron chi connectivity index (χ4n) is 3.98. The molecule has 5 nitrogen and oxygen atoms in total. The van der Waals surface area contributed by atoms with Crippen molar-refractivity contribution in [2.45, 2.75) is 64.1 Å². The molecular weight excluding hydrogens is 330 g/mol. The van der Waals surface area contributed by atoms with Crippen LogP contribution in [0.1, 0.15) is 61.4 Å². The third-order valence-electron chi connectivity index (χ3n) is 5.67. The van der Waals surface area contributed by atoms with Gasteiger partial charge in [-0.3, -0.25) is 4.79 Å². The number of carbonyl (C=O) groups is 2. The number of benzene rings is 1. The van der Waals surface area contributed by atoms with E-state index in [-0.39, 0.29) is 24.0 Å². The van der Waals surface area contributed by atoms with E-state index in [1.54, 1.807) is 18.2 Å². The van der Waals surface area contributed by atoms with Crippen molar-refractivity contribution in [1.29, 1.82) is 0 Å². The molecule has 1 aromatic rings. The van der Waals surface area contributed by atoms with Crippen molar-refractivity contribution in [2.24, 2.45) is 5.92 Å². The van der Waals surface area contributed by atoms with E-state index in [2.05, 4.69) is 6.92 Å². The lowest BCUT2D eigenvalue weighted by atomic mass is 9.88. The Morgan fingerprint density at radius 3 is 2.38 bits per heavy atom. The van der Waals surface area contributed by atoms with Gasteiger partial charge in [0, 0.05) is 13.1 Å². The minimum absolute atomic E-state index is 0.0671. The number of carbonyl (C=O) groups excluding carboxylic acids is 1. The Hall–Kier alpha value is -1.88. The predicted octanol–water partition coefficient (Wildman–Crippen LogP) is 3.51. The van der Waals surface area contributed by atoms with E-state index in [0.29, 0.717) is 6.10 Å². The summed E-state index contributed by atoms with van der Waals surface area (Å²) in [6, 6.07) is 6.63. The minimum atomic E-state index is -0.964. The molecule has 1 aliphatic carbocycles. The molecule has 1 amide bonds. The van der Waals surface area contributed by atoms with Crippen molar-refractivity contribution >= 4 is 11.9 Å². The quantitative estimate of drug-likeness (QED) is 0.873. The highest BCUT2D eigenvalue weighted by atomic mass is 16.5. The molecule has 3 rings (SSSR count). The number of carboxylic acid groups (broad SMARTS) is 1. The number of nitrogens with zero attached hydrogens (tertiary/aromatic N) is 1. The van der Waals surface area contributed by atoms with Crippen LogP contribution in [-0.4, -0.2) is 47.2 Å². The van der Waals surface area contributed by atoms with Crippen LogP contribution in [-0.2, 0) is 16.0 Å². The topological polar surface area (TPSA) is 66.8 Å². The lowest BCUT2D eigenvalue weighted by Crippen LogP contribution is -2.42. The molecule has 1 N–H and O–H groups in total. The van der Waals surface area contributed by atoms with Crippen LogP contribution in [0.2, 0.25) is 0 Å². The van der Waals surface area contributed by atoms with Gasteiger partial charge in [0.15, 0.2) is 0 Å². The van der Waals surface area contributed by atoms with Gasteiger partial charge in [0.1, 0.15) is 0 Å². The monoisotopic (exact) mass is 359 g/mol. The van der Waals surface area contributed by atoms with Gasteiger partial charge in [-0.2, -0.15) is 0 Å². The first-order chi connectivity index (χ1) is 12.5. The van der Waals surface area contributed by atoms with Gasteiger partial charge < -0.3 is 14.7 Å². The number of ether oxygens (including phenoxy) is 1. The average Bonchev–Trinajstić information content (AvgIpc) is 2.64. The SMILES string of the molecule is CC1CCC(OC2CCN(C(=O)Cc3cccc(C(=O)O)c3)CC2)CC1. The van der Waals surface area contributed by atoms with Gasteiger partial charge in [0.2, 0.25) is 5.91 Å². The first kappa shape index (κ1) is 18.9. The van der Waals surface area contributed by atoms with Crippen molar-refractivity contribution in [3.8, 4) is 0 Å². The van der Waals surface area contributed by atoms with Crippen LogP contribution in [0, 0.1) is 5.92 Å². The van der Waals surface area contributed by atoms with Crippen molar-refractivity contribution in [3.05, 3.63) is 35.4 Å². The molecule has 1 aliphatic heterocycles. The van der Waals surface area contributed by atoms with Gasteiger partial charge >= 0.3 is 5.97 Å². The molecule has 2 aliphatic rings. The van der Waals surface area contributed by atoms with Gasteiger partial charge in [-0.15, -0.1) is 0 Å². The van der Waals surface area contributed by atoms with Crippen molar-refractivity contribution < 1.29 is 19.4 Å². The maximum absolute atomic E-state index is 12.5. The van der Waals surface area contributed by atoms with E-state index in [1.165, 1.54) is 25.7 Å². The average molecular weight is 359 g/mol. The number of rotatable bonds is 5. The number of likely N-dealkylation sites (tertiary alicyclic amines) is 1. The maximum atomic E-state index is 12.5. The molecule has 0 bridgehead atoms. The summed E-state index contributed by atoms with van der Waals surface area (Å²) in [5, 5.41) is 9.06. The standard InChI is InChI=1S/C21H29NO4/c1-15-5-7-18(8-6-15)26-19-9-11-22(12-10-19)20(23)14-16-3-2-4-17(13-16)21(24)25/h2-4,13,15,18-19H,5-12,14H2,1H3,(H,24,25). The number of hydrogen-bond donors (Lipinski definition) is 1. The number of hydrogen-bond acceptors (Lipinski definition) is 3. The molecule has 0 atom stereocenters. The Balaban J connectivity index is 1.45. The largest absolute Gasteiger partial charge is 0.478 e. The van der Waals surface area contributed by atoms with E-state index in [0.717, 1.165) is 37.4 Å². The van der Waals surface area contributed by atoms with Crippen LogP contribution < -0.4 is 0 Å². The van der Waals surface area contributed by atoms with Crippen LogP contribution in [0.4, 0.5) is 0 Å². The highest BCUT2D eigenvalue weighted by molar-refractivity contribution is 5.88. The minimum Gasteiger partial charge on any atom is -0.478 e. The number of aromatic carboxylic acids is 1. The van der Waals surface area contributed by atoms with Crippen LogP contribution in [0.25, 0.3) is 0 Å². The molecule has 1 heterocycles. The predicted molar refractivity (Wildman–Crippen MR) is 99.2 cm³/mol. The number of piperidine rings is 1. The molecule has 142 valence electrons. The molecule has 26 heavy (non-hydrogen) atoms. The Labute approximate surface area is 155 Å². The molecule has 1 saturated carbocycles. The summed E-state index contributed by atoms with van der Waals surface area (Å²) in [5.74, 6) is -0.0687. The highest BCUT2D eigenvalue weighted by Crippen LogP contribution is 2.28. The summed E-state index contributed by atoms with van der Waals surface area (Å²) in [6.45, 7) is 3.77. The molecule has 1 aromatic carbocycles. The highest BCUT2D eigenvalue weighted by Gasteiger charge is 2.27. The third kappa shape index (κ3) is 5.07. The van der Waals surface area contributed by atoms with Crippen LogP contribution in [0.5, 0.6) is 0 Å². The zero-order valence-electron chi connectivity index (χ0n) is 15.5.